The molecule has 8 heteroatoms. The number of sulfone groups is 1. The van der Waals surface area contributed by atoms with Crippen molar-refractivity contribution in [2.24, 2.45) is 0 Å². The molecule has 0 aromatic carbocycles. The van der Waals surface area contributed by atoms with E-state index in [-0.39, 0.29) is 16.5 Å². The molecule has 0 spiro atoms. The summed E-state index contributed by atoms with van der Waals surface area (Å²) < 4.78 is 27.7. The van der Waals surface area contributed by atoms with Gasteiger partial charge in [0.05, 0.1) is 5.75 Å². The van der Waals surface area contributed by atoms with E-state index in [1.165, 1.54) is 0 Å². The van der Waals surface area contributed by atoms with Crippen LogP contribution >= 0.6 is 22.9 Å². The molecule has 0 radical (unpaired) electrons. The zero-order valence-electron chi connectivity index (χ0n) is 9.71. The van der Waals surface area contributed by atoms with Gasteiger partial charge in [0.15, 0.2) is 15.7 Å². The van der Waals surface area contributed by atoms with E-state index in [0.717, 1.165) is 17.1 Å². The zero-order chi connectivity index (χ0) is 13.2. The van der Waals surface area contributed by atoms with Gasteiger partial charge in [-0.15, -0.1) is 0 Å². The molecule has 5 nitrogen and oxygen atoms in total. The van der Waals surface area contributed by atoms with Gasteiger partial charge in [0.1, 0.15) is 9.90 Å². The second-order valence-electron chi connectivity index (χ2n) is 3.61. The summed E-state index contributed by atoms with van der Waals surface area (Å²) in [5.74, 6) is 0.0950. The van der Waals surface area contributed by atoms with E-state index in [2.05, 4.69) is 9.69 Å². The van der Waals surface area contributed by atoms with Crippen LogP contribution in [0.5, 0.6) is 0 Å². The topological polar surface area (TPSA) is 85.1 Å². The lowest BCUT2D eigenvalue weighted by molar-refractivity contribution is 0.598. The number of anilines is 2. The number of rotatable bonds is 5. The molecule has 3 N–H and O–H groups in total. The Balaban J connectivity index is 2.24. The largest absolute Gasteiger partial charge is 0.382 e. The summed E-state index contributed by atoms with van der Waals surface area (Å²) in [5.41, 5.74) is 6.74. The maximum absolute atomic E-state index is 11.9. The molecule has 0 fully saturated rings. The Labute approximate surface area is 114 Å². The lowest BCUT2D eigenvalue weighted by atomic mass is 10.3. The fourth-order valence-electron chi connectivity index (χ4n) is 1.43. The number of hydrogen-bond donors (Lipinski definition) is 2. The summed E-state index contributed by atoms with van der Waals surface area (Å²) in [5, 5.41) is 7.57. The second-order valence-corrected chi connectivity index (χ2v) is 7.38. The quantitative estimate of drug-likeness (QED) is 0.884. The summed E-state index contributed by atoms with van der Waals surface area (Å²) in [6, 6.07) is 1.98. The maximum atomic E-state index is 11.9. The second kappa shape index (κ2) is 5.25. The lowest BCUT2D eigenvalue weighted by Gasteiger charge is -2.05. The van der Waals surface area contributed by atoms with E-state index in [1.807, 2.05) is 16.8 Å². The van der Waals surface area contributed by atoms with E-state index >= 15 is 0 Å². The Bertz CT molecular complexity index is 617. The van der Waals surface area contributed by atoms with Crippen LogP contribution in [0.25, 0.3) is 0 Å². The summed E-state index contributed by atoms with van der Waals surface area (Å²) in [4.78, 5) is 0.130. The van der Waals surface area contributed by atoms with Crippen LogP contribution in [0.3, 0.4) is 0 Å². The van der Waals surface area contributed by atoms with Gasteiger partial charge in [0.2, 0.25) is 0 Å². The molecule has 0 amide bonds. The van der Waals surface area contributed by atoms with E-state index in [1.54, 1.807) is 18.3 Å². The van der Waals surface area contributed by atoms with Crippen molar-refractivity contribution in [2.75, 3.05) is 16.8 Å². The SMILES string of the molecule is CCS(=O)(=O)c1c(N)nsc1NCc1ccsc1. The minimum Gasteiger partial charge on any atom is -0.382 e. The van der Waals surface area contributed by atoms with Crippen LogP contribution in [0.1, 0.15) is 12.5 Å². The Kier molecular flexibility index (Phi) is 3.88. The van der Waals surface area contributed by atoms with Gasteiger partial charge in [-0.05, 0) is 33.9 Å². The number of nitrogens with two attached hydrogens (primary N) is 1. The van der Waals surface area contributed by atoms with Crippen molar-refractivity contribution < 1.29 is 8.42 Å². The highest BCUT2D eigenvalue weighted by Gasteiger charge is 2.23. The predicted molar refractivity (Wildman–Crippen MR) is 75.9 cm³/mol. The zero-order valence-corrected chi connectivity index (χ0v) is 12.2. The van der Waals surface area contributed by atoms with E-state index in [4.69, 9.17) is 5.73 Å². The van der Waals surface area contributed by atoms with Crippen molar-refractivity contribution in [2.45, 2.75) is 18.4 Å². The van der Waals surface area contributed by atoms with Crippen LogP contribution in [0.2, 0.25) is 0 Å². The number of hydrogen-bond acceptors (Lipinski definition) is 7. The molecule has 98 valence electrons. The molecular weight excluding hydrogens is 290 g/mol. The predicted octanol–water partition coefficient (Wildman–Crippen LogP) is 2.19. The van der Waals surface area contributed by atoms with Gasteiger partial charge in [-0.3, -0.25) is 0 Å². The minimum absolute atomic E-state index is 0.0166. The van der Waals surface area contributed by atoms with Gasteiger partial charge in [-0.1, -0.05) is 6.92 Å². The Hall–Kier alpha value is -1.12. The van der Waals surface area contributed by atoms with Gasteiger partial charge < -0.3 is 11.1 Å². The van der Waals surface area contributed by atoms with Crippen LogP contribution in [0, 0.1) is 0 Å². The van der Waals surface area contributed by atoms with Gasteiger partial charge in [0, 0.05) is 6.54 Å². The van der Waals surface area contributed by atoms with Crippen molar-refractivity contribution in [1.82, 2.24) is 4.37 Å². The molecule has 2 aromatic rings. The molecule has 0 saturated heterocycles. The fourth-order valence-corrected chi connectivity index (χ4v) is 4.26. The molecule has 2 aromatic heterocycles. The highest BCUT2D eigenvalue weighted by atomic mass is 32.2. The third-order valence-corrected chi connectivity index (χ3v) is 5.87. The van der Waals surface area contributed by atoms with Crippen LogP contribution in [0.4, 0.5) is 10.8 Å². The highest BCUT2D eigenvalue weighted by molar-refractivity contribution is 7.91. The number of thiophene rings is 1. The van der Waals surface area contributed by atoms with Gasteiger partial charge >= 0.3 is 0 Å². The van der Waals surface area contributed by atoms with E-state index in [0.29, 0.717) is 11.5 Å². The smallest absolute Gasteiger partial charge is 0.184 e. The molecule has 2 heterocycles. The van der Waals surface area contributed by atoms with Gasteiger partial charge in [-0.2, -0.15) is 15.7 Å². The van der Waals surface area contributed by atoms with Crippen LogP contribution in [0.15, 0.2) is 21.7 Å². The molecule has 2 rings (SSSR count). The average molecular weight is 303 g/mol. The standard InChI is InChI=1S/C10H13N3O2S3/c1-2-18(14,15)8-9(11)13-17-10(8)12-5-7-3-4-16-6-7/h3-4,6,12H,2,5H2,1H3,(H2,11,13). The molecule has 0 aliphatic heterocycles. The van der Waals surface area contributed by atoms with Crippen LogP contribution in [-0.4, -0.2) is 18.5 Å². The summed E-state index contributed by atoms with van der Waals surface area (Å²) >= 11 is 2.68. The van der Waals surface area contributed by atoms with Crippen LogP contribution < -0.4 is 11.1 Å². The van der Waals surface area contributed by atoms with E-state index < -0.39 is 9.84 Å². The molecule has 0 aliphatic carbocycles. The highest BCUT2D eigenvalue weighted by Crippen LogP contribution is 2.32. The Morgan fingerprint density at radius 1 is 1.50 bits per heavy atom. The van der Waals surface area contributed by atoms with Crippen molar-refractivity contribution in [3.63, 3.8) is 0 Å². The number of nitrogens with zero attached hydrogens (tertiary/aromatic N) is 1. The van der Waals surface area contributed by atoms with Gasteiger partial charge in [0.25, 0.3) is 0 Å². The third kappa shape index (κ3) is 2.65. The van der Waals surface area contributed by atoms with Crippen molar-refractivity contribution >= 4 is 43.5 Å². The summed E-state index contributed by atoms with van der Waals surface area (Å²) in [6.07, 6.45) is 0. The molecular formula is C10H13N3O2S3. The van der Waals surface area contributed by atoms with Crippen molar-refractivity contribution in [3.05, 3.63) is 22.4 Å². The fraction of sp³-hybridized carbons (Fsp3) is 0.300. The first kappa shape index (κ1) is 13.3. The molecule has 18 heavy (non-hydrogen) atoms. The first-order chi connectivity index (χ1) is 8.54. The van der Waals surface area contributed by atoms with Crippen molar-refractivity contribution in [1.29, 1.82) is 0 Å². The summed E-state index contributed by atoms with van der Waals surface area (Å²) in [6.45, 7) is 2.16. The summed E-state index contributed by atoms with van der Waals surface area (Å²) in [7, 11) is -3.34. The molecule has 0 aliphatic rings. The molecule has 0 bridgehead atoms. The molecule has 0 atom stereocenters. The minimum atomic E-state index is -3.34. The Morgan fingerprint density at radius 3 is 2.89 bits per heavy atom. The number of nitrogens with one attached hydrogen (secondary N) is 1. The molecule has 0 saturated carbocycles. The van der Waals surface area contributed by atoms with E-state index in [9.17, 15) is 8.42 Å². The monoisotopic (exact) mass is 303 g/mol. The number of aromatic nitrogens is 1. The number of nitrogen functional groups attached to an aromatic ring is 1. The van der Waals surface area contributed by atoms with Crippen molar-refractivity contribution in [3.8, 4) is 0 Å². The average Bonchev–Trinajstić information content (AvgIpc) is 2.95. The first-order valence-electron chi connectivity index (χ1n) is 5.27. The lowest BCUT2D eigenvalue weighted by Crippen LogP contribution is -2.09. The maximum Gasteiger partial charge on any atom is 0.184 e. The third-order valence-electron chi connectivity index (χ3n) is 2.40. The first-order valence-corrected chi connectivity index (χ1v) is 8.64. The van der Waals surface area contributed by atoms with Gasteiger partial charge in [-0.25, -0.2) is 8.42 Å². The normalized spacial score (nSPS) is 11.6. The Morgan fingerprint density at radius 2 is 2.28 bits per heavy atom. The molecule has 0 unspecified atom stereocenters. The van der Waals surface area contributed by atoms with Crippen LogP contribution in [-0.2, 0) is 16.4 Å².